The van der Waals surface area contributed by atoms with Gasteiger partial charge in [0.2, 0.25) is 18.1 Å². The van der Waals surface area contributed by atoms with Gasteiger partial charge in [-0.1, -0.05) is 23.7 Å². The van der Waals surface area contributed by atoms with E-state index >= 15 is 0 Å². The van der Waals surface area contributed by atoms with Gasteiger partial charge in [-0.05, 0) is 70.6 Å². The van der Waals surface area contributed by atoms with Crippen molar-refractivity contribution >= 4 is 46.8 Å². The van der Waals surface area contributed by atoms with Gasteiger partial charge in [-0.2, -0.15) is 22.2 Å². The Morgan fingerprint density at radius 2 is 1.56 bits per heavy atom. The van der Waals surface area contributed by atoms with Gasteiger partial charge >= 0.3 is 24.2 Å². The molecule has 0 bridgehead atoms. The Bertz CT molecular complexity index is 1860. The van der Waals surface area contributed by atoms with Crippen molar-refractivity contribution in [3.8, 4) is 5.69 Å². The first-order valence-electron chi connectivity index (χ1n) is 13.9. The van der Waals surface area contributed by atoms with Crippen LogP contribution < -0.4 is 16.0 Å². The second kappa shape index (κ2) is 15.3. The Morgan fingerprint density at radius 3 is 2.14 bits per heavy atom. The van der Waals surface area contributed by atoms with E-state index < -0.39 is 59.9 Å². The Labute approximate surface area is 280 Å². The molecule has 264 valence electrons. The van der Waals surface area contributed by atoms with Crippen molar-refractivity contribution in [2.75, 3.05) is 10.6 Å². The number of nitrogens with one attached hydrogen (secondary N) is 3. The number of aromatic carboxylic acids is 1. The number of nitrogens with zero attached hydrogens (tertiary/aromatic N) is 4. The third-order valence-electron chi connectivity index (χ3n) is 6.86. The molecule has 4 N–H and O–H groups in total. The van der Waals surface area contributed by atoms with Crippen LogP contribution in [0.5, 0.6) is 0 Å². The number of halogens is 9. The summed E-state index contributed by atoms with van der Waals surface area (Å²) in [5.74, 6) is -15.7. The van der Waals surface area contributed by atoms with Gasteiger partial charge in [-0.3, -0.25) is 9.59 Å². The molecule has 11 nitrogen and oxygen atoms in total. The predicted molar refractivity (Wildman–Crippen MR) is 162 cm³/mol. The first-order chi connectivity index (χ1) is 23.5. The molecule has 4 rings (SSSR count). The Kier molecular flexibility index (Phi) is 11.4. The molecule has 0 aliphatic carbocycles. The van der Waals surface area contributed by atoms with Gasteiger partial charge in [0.05, 0.1) is 16.3 Å². The van der Waals surface area contributed by atoms with Gasteiger partial charge in [-0.15, -0.1) is 5.10 Å². The largest absolute Gasteiger partial charge is 0.478 e. The number of amides is 2. The monoisotopic (exact) mass is 731 g/mol. The van der Waals surface area contributed by atoms with Crippen LogP contribution in [0.1, 0.15) is 21.5 Å². The minimum Gasteiger partial charge on any atom is -0.478 e. The van der Waals surface area contributed by atoms with Crippen LogP contribution in [-0.4, -0.2) is 73.7 Å². The maximum Gasteiger partial charge on any atom is 0.374 e. The minimum absolute atomic E-state index is 0.0906. The average molecular weight is 732 g/mol. The molecule has 4 aromatic rings. The lowest BCUT2D eigenvalue weighted by Gasteiger charge is -2.29. The molecule has 0 saturated carbocycles. The highest BCUT2D eigenvalue weighted by Gasteiger charge is 2.67. The van der Waals surface area contributed by atoms with Crippen LogP contribution in [0.3, 0.4) is 0 Å². The lowest BCUT2D eigenvalue weighted by Crippen LogP contribution is -2.54. The van der Waals surface area contributed by atoms with E-state index in [4.69, 9.17) is 16.7 Å². The molecule has 0 radical (unpaired) electrons. The average Bonchev–Trinajstić information content (AvgIpc) is 3.61. The van der Waals surface area contributed by atoms with Crippen LogP contribution in [-0.2, 0) is 16.0 Å². The van der Waals surface area contributed by atoms with Crippen molar-refractivity contribution in [3.05, 3.63) is 101 Å². The summed E-state index contributed by atoms with van der Waals surface area (Å²) in [6.45, 7) is 0. The summed E-state index contributed by atoms with van der Waals surface area (Å²) in [5.41, 5.74) is -0.391. The standard InChI is InChI=1S/C30H22ClF8N7O4/c31-20-10-11-22(46-14-40-44-45-46)19(24(20)32)9-12-23(47)43-21(25(48)41-17-7-3-16(4-8-17)26(49)50)13-15-1-5-18(6-2-15)42-28(35)30(38,39)29(36,37)27(33)34/h1-12,14,21,27-28,42H,13H2,(H,41,48)(H,43,47)(H,49,50). The fourth-order valence-electron chi connectivity index (χ4n) is 4.22. The van der Waals surface area contributed by atoms with Gasteiger partial charge in [-0.25, -0.2) is 22.4 Å². The molecule has 1 heterocycles. The number of alkyl halides is 7. The van der Waals surface area contributed by atoms with Gasteiger partial charge < -0.3 is 21.1 Å². The lowest BCUT2D eigenvalue weighted by molar-refractivity contribution is -0.281. The summed E-state index contributed by atoms with van der Waals surface area (Å²) in [6, 6.07) is 10.2. The van der Waals surface area contributed by atoms with E-state index in [1.807, 2.05) is 0 Å². The van der Waals surface area contributed by atoms with Crippen molar-refractivity contribution in [1.29, 1.82) is 0 Å². The number of anilines is 2. The number of rotatable bonds is 14. The Balaban J connectivity index is 1.55. The number of tetrazole rings is 1. The maximum atomic E-state index is 14.9. The summed E-state index contributed by atoms with van der Waals surface area (Å²) < 4.78 is 109. The smallest absolute Gasteiger partial charge is 0.374 e. The predicted octanol–water partition coefficient (Wildman–Crippen LogP) is 5.78. The van der Waals surface area contributed by atoms with E-state index in [0.717, 1.165) is 47.4 Å². The van der Waals surface area contributed by atoms with E-state index in [0.29, 0.717) is 0 Å². The molecular formula is C30H22ClF8N7O4. The molecule has 50 heavy (non-hydrogen) atoms. The molecule has 0 fully saturated rings. The van der Waals surface area contributed by atoms with Crippen LogP contribution in [0, 0.1) is 5.82 Å². The highest BCUT2D eigenvalue weighted by molar-refractivity contribution is 6.31. The molecule has 0 saturated heterocycles. The second-order valence-electron chi connectivity index (χ2n) is 10.3. The molecule has 2 amide bonds. The van der Waals surface area contributed by atoms with Crippen LogP contribution in [0.15, 0.2) is 73.1 Å². The van der Waals surface area contributed by atoms with Gasteiger partial charge in [0.15, 0.2) is 5.82 Å². The van der Waals surface area contributed by atoms with Crippen LogP contribution in [0.4, 0.5) is 46.5 Å². The highest BCUT2D eigenvalue weighted by atomic mass is 35.5. The number of carboxylic acids is 1. The number of benzene rings is 3. The van der Waals surface area contributed by atoms with Crippen molar-refractivity contribution < 1.29 is 54.6 Å². The van der Waals surface area contributed by atoms with E-state index in [2.05, 4.69) is 26.2 Å². The SMILES string of the molecule is O=C(C=Cc1c(-n2cnnn2)ccc(Cl)c1F)NC(Cc1ccc(NC(F)C(F)(F)C(F)(F)C(F)F)cc1)C(=O)Nc1ccc(C(=O)O)cc1. The fraction of sp³-hybridized carbons (Fsp3) is 0.200. The molecule has 0 aliphatic rings. The number of hydrogen-bond donors (Lipinski definition) is 4. The van der Waals surface area contributed by atoms with Crippen molar-refractivity contribution in [2.24, 2.45) is 0 Å². The maximum absolute atomic E-state index is 14.9. The van der Waals surface area contributed by atoms with Gasteiger partial charge in [0.25, 0.3) is 0 Å². The summed E-state index contributed by atoms with van der Waals surface area (Å²) in [7, 11) is 0. The van der Waals surface area contributed by atoms with Crippen LogP contribution >= 0.6 is 11.6 Å². The quantitative estimate of drug-likeness (QED) is 0.0725. The first kappa shape index (κ1) is 37.2. The van der Waals surface area contributed by atoms with Crippen LogP contribution in [0.2, 0.25) is 5.02 Å². The molecule has 3 aromatic carbocycles. The van der Waals surface area contributed by atoms with E-state index in [9.17, 15) is 49.5 Å². The lowest BCUT2D eigenvalue weighted by atomic mass is 10.0. The van der Waals surface area contributed by atoms with Gasteiger partial charge in [0, 0.05) is 29.4 Å². The van der Waals surface area contributed by atoms with Gasteiger partial charge in [0.1, 0.15) is 12.4 Å². The van der Waals surface area contributed by atoms with E-state index in [1.54, 1.807) is 0 Å². The Morgan fingerprint density at radius 1 is 0.920 bits per heavy atom. The number of hydrogen-bond acceptors (Lipinski definition) is 7. The summed E-state index contributed by atoms with van der Waals surface area (Å²) >= 11 is 5.89. The third kappa shape index (κ3) is 8.52. The number of carbonyl (C=O) groups is 3. The first-order valence-corrected chi connectivity index (χ1v) is 14.3. The zero-order valence-electron chi connectivity index (χ0n) is 24.8. The summed E-state index contributed by atoms with van der Waals surface area (Å²) in [5, 5.41) is 25.7. The molecule has 20 heteroatoms. The minimum atomic E-state index is -5.98. The zero-order chi connectivity index (χ0) is 36.8. The van der Waals surface area contributed by atoms with E-state index in [1.165, 1.54) is 41.7 Å². The molecule has 2 atom stereocenters. The fourth-order valence-corrected chi connectivity index (χ4v) is 4.39. The molecule has 2 unspecified atom stereocenters. The van der Waals surface area contributed by atoms with Crippen molar-refractivity contribution in [1.82, 2.24) is 25.5 Å². The van der Waals surface area contributed by atoms with Crippen molar-refractivity contribution in [3.63, 3.8) is 0 Å². The van der Waals surface area contributed by atoms with Crippen molar-refractivity contribution in [2.45, 2.75) is 37.0 Å². The number of carboxylic acid groups (broad SMARTS) is 1. The molecule has 0 aliphatic heterocycles. The second-order valence-corrected chi connectivity index (χ2v) is 10.7. The van der Waals surface area contributed by atoms with Crippen LogP contribution in [0.25, 0.3) is 11.8 Å². The Hall–Kier alpha value is -5.59. The third-order valence-corrected chi connectivity index (χ3v) is 7.16. The number of carbonyl (C=O) groups excluding carboxylic acids is 2. The molecular weight excluding hydrogens is 710 g/mol. The highest BCUT2D eigenvalue weighted by Crippen LogP contribution is 2.42. The zero-order valence-corrected chi connectivity index (χ0v) is 25.6. The number of aromatic nitrogens is 4. The van der Waals surface area contributed by atoms with E-state index in [-0.39, 0.29) is 39.5 Å². The topological polar surface area (TPSA) is 151 Å². The summed E-state index contributed by atoms with van der Waals surface area (Å²) in [4.78, 5) is 37.4. The molecule has 0 spiro atoms. The molecule has 1 aromatic heterocycles. The normalized spacial score (nSPS) is 13.2. The summed E-state index contributed by atoms with van der Waals surface area (Å²) in [6.07, 6.45) is -6.04.